The molecule has 0 spiro atoms. The van der Waals surface area contributed by atoms with Crippen molar-refractivity contribution in [3.8, 4) is 0 Å². The predicted molar refractivity (Wildman–Crippen MR) is 118 cm³/mol. The van der Waals surface area contributed by atoms with Crippen LogP contribution in [0.15, 0.2) is 40.7 Å². The van der Waals surface area contributed by atoms with Gasteiger partial charge in [0.15, 0.2) is 5.96 Å². The quantitative estimate of drug-likeness (QED) is 0.397. The molecule has 0 atom stereocenters. The summed E-state index contributed by atoms with van der Waals surface area (Å²) in [6.45, 7) is 2.11. The molecule has 0 saturated carbocycles. The molecule has 1 aliphatic rings. The summed E-state index contributed by atoms with van der Waals surface area (Å²) in [7, 11) is 3.44. The van der Waals surface area contributed by atoms with Gasteiger partial charge in [-0.1, -0.05) is 12.1 Å². The molecule has 3 rings (SSSR count). The van der Waals surface area contributed by atoms with Crippen LogP contribution in [-0.4, -0.2) is 48.9 Å². The summed E-state index contributed by atoms with van der Waals surface area (Å²) in [6.07, 6.45) is 0.830. The highest BCUT2D eigenvalue weighted by atomic mass is 127. The number of nitrogens with one attached hydrogen (secondary N) is 1. The van der Waals surface area contributed by atoms with Crippen LogP contribution < -0.4 is 5.32 Å². The maximum Gasteiger partial charge on any atom is 0.243 e. The zero-order valence-electron chi connectivity index (χ0n) is 15.4. The molecule has 2 heterocycles. The molecule has 1 aliphatic heterocycles. The van der Waals surface area contributed by atoms with Gasteiger partial charge in [0.25, 0.3) is 0 Å². The van der Waals surface area contributed by atoms with Crippen molar-refractivity contribution >= 4 is 47.2 Å². The minimum absolute atomic E-state index is 0. The van der Waals surface area contributed by atoms with E-state index in [0.717, 1.165) is 18.5 Å². The fraction of sp³-hybridized carbons (Fsp3) is 0.368. The lowest BCUT2D eigenvalue weighted by molar-refractivity contribution is -0.127. The van der Waals surface area contributed by atoms with Gasteiger partial charge in [-0.25, -0.2) is 9.38 Å². The van der Waals surface area contributed by atoms with Crippen molar-refractivity contribution in [1.29, 1.82) is 0 Å². The molecule has 1 amide bonds. The molecule has 146 valence electrons. The van der Waals surface area contributed by atoms with Crippen LogP contribution >= 0.6 is 35.3 Å². The van der Waals surface area contributed by atoms with Gasteiger partial charge in [0, 0.05) is 32.1 Å². The largest absolute Gasteiger partial charge is 0.351 e. The van der Waals surface area contributed by atoms with Gasteiger partial charge in [0.2, 0.25) is 5.91 Å². The Morgan fingerprint density at radius 3 is 2.85 bits per heavy atom. The van der Waals surface area contributed by atoms with Crippen LogP contribution in [0.2, 0.25) is 0 Å². The van der Waals surface area contributed by atoms with Gasteiger partial charge in [0.1, 0.15) is 12.4 Å². The second-order valence-electron chi connectivity index (χ2n) is 6.45. The molecule has 0 unspecified atom stereocenters. The molecular weight excluding hydrogens is 478 g/mol. The van der Waals surface area contributed by atoms with Crippen molar-refractivity contribution in [2.75, 3.05) is 27.2 Å². The molecule has 8 heteroatoms. The van der Waals surface area contributed by atoms with Gasteiger partial charge >= 0.3 is 0 Å². The number of guanidine groups is 1. The van der Waals surface area contributed by atoms with Gasteiger partial charge in [0.05, 0.1) is 6.54 Å². The summed E-state index contributed by atoms with van der Waals surface area (Å²) in [5.74, 6) is 0.408. The van der Waals surface area contributed by atoms with Crippen molar-refractivity contribution in [2.24, 2.45) is 4.99 Å². The van der Waals surface area contributed by atoms with Gasteiger partial charge < -0.3 is 15.1 Å². The van der Waals surface area contributed by atoms with E-state index in [1.54, 1.807) is 31.5 Å². The lowest BCUT2D eigenvalue weighted by Gasteiger charge is -2.32. The third-order valence-corrected chi connectivity index (χ3v) is 5.22. The maximum absolute atomic E-state index is 13.6. The summed E-state index contributed by atoms with van der Waals surface area (Å²) in [6, 6.07) is 9.01. The van der Waals surface area contributed by atoms with Crippen LogP contribution in [0, 0.1) is 5.82 Å². The van der Waals surface area contributed by atoms with E-state index < -0.39 is 0 Å². The summed E-state index contributed by atoms with van der Waals surface area (Å²) < 4.78 is 13.6. The fourth-order valence-electron chi connectivity index (χ4n) is 2.84. The number of hydrogen-bond acceptors (Lipinski definition) is 3. The Bertz CT molecular complexity index is 795. The Balaban J connectivity index is 0.00000261. The molecule has 0 bridgehead atoms. The number of thiophene rings is 1. The number of aliphatic imine (C=N–C) groups is 1. The Labute approximate surface area is 180 Å². The maximum atomic E-state index is 13.6. The molecule has 0 aliphatic carbocycles. The molecule has 0 fully saturated rings. The van der Waals surface area contributed by atoms with E-state index in [1.807, 2.05) is 17.5 Å². The second kappa shape index (κ2) is 10.0. The number of halogens is 2. The minimum atomic E-state index is -0.224. The van der Waals surface area contributed by atoms with Crippen molar-refractivity contribution in [1.82, 2.24) is 15.1 Å². The van der Waals surface area contributed by atoms with Gasteiger partial charge in [-0.05, 0) is 41.1 Å². The summed E-state index contributed by atoms with van der Waals surface area (Å²) >= 11 is 1.67. The number of carbonyl (C=O) groups excluding carboxylic acids is 1. The van der Waals surface area contributed by atoms with E-state index in [9.17, 15) is 9.18 Å². The van der Waals surface area contributed by atoms with Crippen LogP contribution in [0.4, 0.5) is 4.39 Å². The number of carbonyl (C=O) groups is 1. The highest BCUT2D eigenvalue weighted by Crippen LogP contribution is 2.20. The van der Waals surface area contributed by atoms with Crippen LogP contribution in [0.1, 0.15) is 16.0 Å². The van der Waals surface area contributed by atoms with Crippen LogP contribution in [0.3, 0.4) is 0 Å². The highest BCUT2D eigenvalue weighted by molar-refractivity contribution is 14.0. The first-order chi connectivity index (χ1) is 12.5. The monoisotopic (exact) mass is 502 g/mol. The molecule has 5 nitrogen and oxygen atoms in total. The first kappa shape index (κ1) is 21.6. The normalized spacial score (nSPS) is 13.6. The number of rotatable bonds is 4. The van der Waals surface area contributed by atoms with Crippen molar-refractivity contribution in [2.45, 2.75) is 19.5 Å². The third kappa shape index (κ3) is 5.90. The lowest BCUT2D eigenvalue weighted by atomic mass is 10.00. The van der Waals surface area contributed by atoms with E-state index in [1.165, 1.54) is 21.4 Å². The smallest absolute Gasteiger partial charge is 0.243 e. The van der Waals surface area contributed by atoms with Crippen LogP contribution in [-0.2, 0) is 24.3 Å². The van der Waals surface area contributed by atoms with Gasteiger partial charge in [-0.15, -0.1) is 35.3 Å². The molecular formula is C19H24FIN4OS. The van der Waals surface area contributed by atoms with Gasteiger partial charge in [-0.2, -0.15) is 0 Å². The minimum Gasteiger partial charge on any atom is -0.351 e. The standard InChI is InChI=1S/C19H23FN4OS.HI/c1-23(2)18(25)12-22-19(21-11-17-4-3-9-26-17)24-8-7-14-5-6-16(20)10-15(14)13-24;/h3-6,9-10H,7-8,11-13H2,1-2H3,(H,21,22);1H. The number of amides is 1. The van der Waals surface area contributed by atoms with Crippen LogP contribution in [0.5, 0.6) is 0 Å². The summed E-state index contributed by atoms with van der Waals surface area (Å²) in [5.41, 5.74) is 2.14. The first-order valence-electron chi connectivity index (χ1n) is 8.56. The highest BCUT2D eigenvalue weighted by Gasteiger charge is 2.20. The molecule has 2 aromatic rings. The van der Waals surface area contributed by atoms with Crippen molar-refractivity contribution in [3.63, 3.8) is 0 Å². The number of fused-ring (bicyclic) bond motifs is 1. The van der Waals surface area contributed by atoms with E-state index >= 15 is 0 Å². The summed E-state index contributed by atoms with van der Waals surface area (Å²) in [4.78, 5) is 21.3. The Hall–Kier alpha value is -1.68. The second-order valence-corrected chi connectivity index (χ2v) is 7.48. The first-order valence-corrected chi connectivity index (χ1v) is 9.44. The van der Waals surface area contributed by atoms with E-state index in [2.05, 4.69) is 21.3 Å². The Morgan fingerprint density at radius 2 is 2.15 bits per heavy atom. The Morgan fingerprint density at radius 1 is 1.33 bits per heavy atom. The molecule has 27 heavy (non-hydrogen) atoms. The van der Waals surface area contributed by atoms with Crippen molar-refractivity contribution < 1.29 is 9.18 Å². The average molecular weight is 502 g/mol. The summed E-state index contributed by atoms with van der Waals surface area (Å²) in [5, 5.41) is 5.38. The lowest BCUT2D eigenvalue weighted by Crippen LogP contribution is -2.44. The third-order valence-electron chi connectivity index (χ3n) is 4.34. The zero-order valence-corrected chi connectivity index (χ0v) is 18.6. The Kier molecular flexibility index (Phi) is 8.03. The number of likely N-dealkylation sites (N-methyl/N-ethyl adjacent to an activating group) is 1. The molecule has 1 aromatic heterocycles. The number of nitrogens with zero attached hydrogens (tertiary/aromatic N) is 3. The molecule has 0 saturated heterocycles. The predicted octanol–water partition coefficient (Wildman–Crippen LogP) is 3.10. The molecule has 0 radical (unpaired) electrons. The van der Waals surface area contributed by atoms with E-state index in [0.29, 0.717) is 19.0 Å². The van der Waals surface area contributed by atoms with Gasteiger partial charge in [-0.3, -0.25) is 4.79 Å². The van der Waals surface area contributed by atoms with E-state index in [4.69, 9.17) is 0 Å². The topological polar surface area (TPSA) is 47.9 Å². The fourth-order valence-corrected chi connectivity index (χ4v) is 3.48. The number of benzene rings is 1. The average Bonchev–Trinajstić information content (AvgIpc) is 3.14. The van der Waals surface area contributed by atoms with Crippen LogP contribution in [0.25, 0.3) is 0 Å². The number of hydrogen-bond donors (Lipinski definition) is 1. The molecule has 1 N–H and O–H groups in total. The molecule has 1 aromatic carbocycles. The van der Waals surface area contributed by atoms with E-state index in [-0.39, 0.29) is 42.2 Å². The van der Waals surface area contributed by atoms with Crippen molar-refractivity contribution in [3.05, 3.63) is 57.5 Å². The SMILES string of the molecule is CN(C)C(=O)CN=C(NCc1cccs1)N1CCc2ccc(F)cc2C1.I. The zero-order chi connectivity index (χ0) is 18.5.